The minimum absolute atomic E-state index is 0. The molecule has 42 valence electrons. The normalized spacial score (nSPS) is 8.57. The maximum Gasteiger partial charge on any atom is 3.00 e. The zero-order valence-corrected chi connectivity index (χ0v) is 7.47. The Balaban J connectivity index is -0.0000000800. The van der Waals surface area contributed by atoms with Gasteiger partial charge in [0.25, 0.3) is 0 Å². The van der Waals surface area contributed by atoms with Gasteiger partial charge in [0.1, 0.15) is 0 Å². The molecule has 7 heteroatoms. The quantitative estimate of drug-likeness (QED) is 0.413. The molecule has 0 unspecified atom stereocenters. The second-order valence-corrected chi connectivity index (χ2v) is 1.50. The molecule has 0 aliphatic carbocycles. The number of hydrogen-bond acceptors (Lipinski definition) is 4. The van der Waals surface area contributed by atoms with E-state index < -0.39 is 9.05 Å². The van der Waals surface area contributed by atoms with E-state index in [-0.39, 0.29) is 31.7 Å². The van der Waals surface area contributed by atoms with Crippen molar-refractivity contribution in [3.63, 3.8) is 0 Å². The van der Waals surface area contributed by atoms with Gasteiger partial charge in [-0.2, -0.15) is 0 Å². The predicted molar refractivity (Wildman–Crippen MR) is 12.2 cm³/mol. The molecular formula is BiO5Si-3. The monoisotopic (exact) mass is 317 g/mol. The standard InChI is InChI=1S/Bi.O4Si.O/c;1-5(2,3)4;/q+3;-4;-2. The summed E-state index contributed by atoms with van der Waals surface area (Å²) in [5.74, 6) is 0. The van der Waals surface area contributed by atoms with Gasteiger partial charge in [0.05, 0.1) is 0 Å². The molecule has 5 nitrogen and oxygen atoms in total. The fraction of sp³-hybridized carbons (Fsp3) is 0. The van der Waals surface area contributed by atoms with Crippen LogP contribution in [0.4, 0.5) is 0 Å². The van der Waals surface area contributed by atoms with Crippen LogP contribution in [-0.2, 0) is 5.48 Å². The van der Waals surface area contributed by atoms with Crippen LogP contribution in [0, 0.1) is 0 Å². The van der Waals surface area contributed by atoms with E-state index in [0.717, 1.165) is 0 Å². The van der Waals surface area contributed by atoms with Crippen molar-refractivity contribution in [3.8, 4) is 0 Å². The Labute approximate surface area is 60.2 Å². The molecule has 0 saturated carbocycles. The maximum atomic E-state index is 8.58. The van der Waals surface area contributed by atoms with Gasteiger partial charge < -0.3 is 33.7 Å². The smallest absolute Gasteiger partial charge is 2.00 e. The summed E-state index contributed by atoms with van der Waals surface area (Å²) in [6.07, 6.45) is 0. The van der Waals surface area contributed by atoms with Crippen LogP contribution in [0.25, 0.3) is 0 Å². The summed E-state index contributed by atoms with van der Waals surface area (Å²) in [5.41, 5.74) is 0. The molecule has 0 bridgehead atoms. The van der Waals surface area contributed by atoms with E-state index in [2.05, 4.69) is 0 Å². The van der Waals surface area contributed by atoms with E-state index in [0.29, 0.717) is 0 Å². The summed E-state index contributed by atoms with van der Waals surface area (Å²) in [4.78, 5) is 34.3. The maximum absolute atomic E-state index is 8.58. The first-order valence-electron chi connectivity index (χ1n) is 0.816. The van der Waals surface area contributed by atoms with Crippen LogP contribution in [-0.4, -0.2) is 35.3 Å². The number of rotatable bonds is 0. The average molecular weight is 317 g/mol. The summed E-state index contributed by atoms with van der Waals surface area (Å²) in [6.45, 7) is 0. The van der Waals surface area contributed by atoms with Crippen molar-refractivity contribution in [1.82, 2.24) is 0 Å². The molecule has 2 radical (unpaired) electrons. The summed E-state index contributed by atoms with van der Waals surface area (Å²) in [7, 11) is -5.61. The van der Waals surface area contributed by atoms with Crippen LogP contribution < -0.4 is 19.2 Å². The minimum Gasteiger partial charge on any atom is -2.00 e. The van der Waals surface area contributed by atoms with Crippen LogP contribution >= 0.6 is 0 Å². The van der Waals surface area contributed by atoms with Crippen molar-refractivity contribution < 1.29 is 24.7 Å². The molecule has 0 heterocycles. The zero-order valence-electron chi connectivity index (χ0n) is 2.99. The summed E-state index contributed by atoms with van der Waals surface area (Å²) >= 11 is 0. The van der Waals surface area contributed by atoms with Gasteiger partial charge in [-0.1, -0.05) is 0 Å². The van der Waals surface area contributed by atoms with Gasteiger partial charge in [-0.25, -0.2) is 0 Å². The van der Waals surface area contributed by atoms with E-state index in [1.165, 1.54) is 0 Å². The molecule has 0 aliphatic rings. The SMILES string of the molecule is [Bi+3].[O-2].[O-][Si]([O-])([O-])[O-]. The van der Waals surface area contributed by atoms with Gasteiger partial charge in [0, 0.05) is 0 Å². The van der Waals surface area contributed by atoms with Crippen molar-refractivity contribution in [2.75, 3.05) is 0 Å². The third kappa shape index (κ3) is 205. The third-order valence-electron chi connectivity index (χ3n) is 0. The molecule has 0 amide bonds. The Hall–Kier alpha value is 0.900. The molecule has 7 heavy (non-hydrogen) atoms. The zero-order chi connectivity index (χ0) is 4.50. The first-order valence-corrected chi connectivity index (χ1v) is 2.45. The van der Waals surface area contributed by atoms with E-state index in [1.807, 2.05) is 0 Å². The van der Waals surface area contributed by atoms with Gasteiger partial charge in [-0.15, -0.1) is 0 Å². The minimum atomic E-state index is -5.61. The van der Waals surface area contributed by atoms with Gasteiger partial charge >= 0.3 is 26.2 Å². The molecular weight excluding hydrogens is 317 g/mol. The van der Waals surface area contributed by atoms with E-state index >= 15 is 0 Å². The molecule has 0 saturated heterocycles. The van der Waals surface area contributed by atoms with Crippen molar-refractivity contribution in [2.45, 2.75) is 0 Å². The fourth-order valence-electron chi connectivity index (χ4n) is 0. The Morgan fingerprint density at radius 3 is 0.857 bits per heavy atom. The molecule has 0 fully saturated rings. The Morgan fingerprint density at radius 1 is 0.857 bits per heavy atom. The summed E-state index contributed by atoms with van der Waals surface area (Å²) in [5, 5.41) is 0. The van der Waals surface area contributed by atoms with E-state index in [4.69, 9.17) is 19.2 Å². The molecule has 0 aromatic heterocycles. The Morgan fingerprint density at radius 2 is 0.857 bits per heavy atom. The molecule has 0 spiro atoms. The number of hydrogen-bond donors (Lipinski definition) is 0. The van der Waals surface area contributed by atoms with Gasteiger partial charge in [0.2, 0.25) is 0 Å². The summed E-state index contributed by atoms with van der Waals surface area (Å²) < 4.78 is 0. The Bertz CT molecular complexity index is 23.6. The third-order valence-corrected chi connectivity index (χ3v) is 0. The van der Waals surface area contributed by atoms with Crippen LogP contribution in [0.1, 0.15) is 0 Å². The molecule has 0 aliphatic heterocycles. The molecule has 0 atom stereocenters. The first kappa shape index (κ1) is 15.7. The second kappa shape index (κ2) is 5.04. The van der Waals surface area contributed by atoms with Crippen molar-refractivity contribution in [2.24, 2.45) is 0 Å². The van der Waals surface area contributed by atoms with Gasteiger partial charge in [0.15, 0.2) is 0 Å². The van der Waals surface area contributed by atoms with Crippen molar-refractivity contribution >= 4 is 35.3 Å². The van der Waals surface area contributed by atoms with Gasteiger partial charge in [-0.3, -0.25) is 0 Å². The van der Waals surface area contributed by atoms with Crippen molar-refractivity contribution in [1.29, 1.82) is 0 Å². The van der Waals surface area contributed by atoms with Crippen molar-refractivity contribution in [3.05, 3.63) is 0 Å². The van der Waals surface area contributed by atoms with E-state index in [1.54, 1.807) is 0 Å². The van der Waals surface area contributed by atoms with Gasteiger partial charge in [-0.05, 0) is 0 Å². The molecule has 0 aromatic rings. The van der Waals surface area contributed by atoms with Crippen LogP contribution in [0.3, 0.4) is 0 Å². The first-order chi connectivity index (χ1) is 2.00. The van der Waals surface area contributed by atoms with Crippen LogP contribution in [0.15, 0.2) is 0 Å². The fourth-order valence-corrected chi connectivity index (χ4v) is 0. The van der Waals surface area contributed by atoms with E-state index in [9.17, 15) is 0 Å². The molecule has 0 N–H and O–H groups in total. The predicted octanol–water partition coefficient (Wildman–Crippen LogP) is -5.64. The Kier molecular flexibility index (Phi) is 11.3. The molecule has 0 rings (SSSR count). The largest absolute Gasteiger partial charge is 3.00 e. The summed E-state index contributed by atoms with van der Waals surface area (Å²) in [6, 6.07) is 0. The van der Waals surface area contributed by atoms with Crippen LogP contribution in [0.2, 0.25) is 0 Å². The van der Waals surface area contributed by atoms with Crippen LogP contribution in [0.5, 0.6) is 0 Å². The average Bonchev–Trinajstić information content (AvgIpc) is 0.722. The second-order valence-electron chi connectivity index (χ2n) is 0.500. The topological polar surface area (TPSA) is 121 Å². The molecule has 0 aromatic carbocycles.